The van der Waals surface area contributed by atoms with Crippen LogP contribution in [-0.4, -0.2) is 38.4 Å². The maximum atomic E-state index is 10.1. The lowest BCUT2D eigenvalue weighted by molar-refractivity contribution is 0.0924. The van der Waals surface area contributed by atoms with Crippen molar-refractivity contribution in [2.45, 2.75) is 57.2 Å². The molecule has 3 atom stereocenters. The average molecular weight is 325 g/mol. The minimum atomic E-state index is -0.197. The lowest BCUT2D eigenvalue weighted by atomic mass is 9.83. The van der Waals surface area contributed by atoms with Gasteiger partial charge in [-0.25, -0.2) is 9.97 Å². The van der Waals surface area contributed by atoms with Crippen molar-refractivity contribution in [3.8, 4) is 17.1 Å². The molecule has 0 amide bonds. The van der Waals surface area contributed by atoms with Gasteiger partial charge in [0.15, 0.2) is 5.82 Å². The van der Waals surface area contributed by atoms with E-state index in [0.717, 1.165) is 37.2 Å². The van der Waals surface area contributed by atoms with E-state index in [1.165, 1.54) is 6.42 Å². The summed E-state index contributed by atoms with van der Waals surface area (Å²) in [5.74, 6) is 1.68. The van der Waals surface area contributed by atoms with Gasteiger partial charge in [0.2, 0.25) is 0 Å². The molecule has 0 radical (unpaired) electrons. The van der Waals surface area contributed by atoms with Gasteiger partial charge in [0.25, 0.3) is 0 Å². The molecular weight excluding hydrogens is 302 g/mol. The van der Waals surface area contributed by atoms with Gasteiger partial charge in [0.1, 0.15) is 11.6 Å². The van der Waals surface area contributed by atoms with E-state index in [-0.39, 0.29) is 11.9 Å². The number of aliphatic hydroxyl groups excluding tert-OH is 1. The number of piperidine rings is 2. The first-order chi connectivity index (χ1) is 11.6. The van der Waals surface area contributed by atoms with E-state index in [1.807, 2.05) is 25.1 Å². The van der Waals surface area contributed by atoms with E-state index < -0.39 is 0 Å². The van der Waals surface area contributed by atoms with Crippen molar-refractivity contribution in [2.24, 2.45) is 0 Å². The lowest BCUT2D eigenvalue weighted by Gasteiger charge is -2.48. The number of nitrogens with zero attached hydrogens (tertiary/aromatic N) is 3. The van der Waals surface area contributed by atoms with Crippen LogP contribution in [0.1, 0.15) is 37.8 Å². The zero-order valence-electron chi connectivity index (χ0n) is 13.9. The molecule has 0 saturated carbocycles. The third-order valence-corrected chi connectivity index (χ3v) is 5.20. The Bertz CT molecular complexity index is 735. The quantitative estimate of drug-likeness (QED) is 0.888. The van der Waals surface area contributed by atoms with Gasteiger partial charge >= 0.3 is 0 Å². The van der Waals surface area contributed by atoms with Crippen LogP contribution in [0.3, 0.4) is 0 Å². The Hall–Kier alpha value is -2.14. The summed E-state index contributed by atoms with van der Waals surface area (Å²) in [7, 11) is 0. The molecule has 2 saturated heterocycles. The topological polar surface area (TPSA) is 69.5 Å². The predicted octanol–water partition coefficient (Wildman–Crippen LogP) is 3.04. The molecule has 1 aromatic carbocycles. The molecule has 0 spiro atoms. The Kier molecular flexibility index (Phi) is 3.88. The van der Waals surface area contributed by atoms with Gasteiger partial charge in [0.05, 0.1) is 11.7 Å². The van der Waals surface area contributed by atoms with Crippen LogP contribution in [-0.2, 0) is 0 Å². The summed E-state index contributed by atoms with van der Waals surface area (Å²) in [6.07, 6.45) is 4.84. The maximum Gasteiger partial charge on any atom is 0.165 e. The van der Waals surface area contributed by atoms with Gasteiger partial charge in [-0.2, -0.15) is 0 Å². The number of aromatic hydroxyl groups is 1. The maximum absolute atomic E-state index is 10.1. The Balaban J connectivity index is 1.75. The molecule has 0 aliphatic carbocycles. The molecule has 2 aliphatic rings. The molecule has 2 aromatic rings. The summed E-state index contributed by atoms with van der Waals surface area (Å²) >= 11 is 0. The first-order valence-electron chi connectivity index (χ1n) is 8.72. The van der Waals surface area contributed by atoms with E-state index in [9.17, 15) is 10.2 Å². The van der Waals surface area contributed by atoms with Crippen molar-refractivity contribution in [3.05, 3.63) is 36.0 Å². The number of para-hydroxylation sites is 1. The number of benzene rings is 1. The van der Waals surface area contributed by atoms with Crippen molar-refractivity contribution in [3.63, 3.8) is 0 Å². The molecule has 24 heavy (non-hydrogen) atoms. The molecule has 5 heteroatoms. The zero-order chi connectivity index (χ0) is 16.7. The monoisotopic (exact) mass is 325 g/mol. The Labute approximate surface area is 142 Å². The van der Waals surface area contributed by atoms with E-state index in [0.29, 0.717) is 23.5 Å². The highest BCUT2D eigenvalue weighted by molar-refractivity contribution is 5.65. The van der Waals surface area contributed by atoms with Crippen LogP contribution >= 0.6 is 0 Å². The number of hydrogen-bond donors (Lipinski definition) is 2. The highest BCUT2D eigenvalue weighted by atomic mass is 16.3. The van der Waals surface area contributed by atoms with E-state index in [4.69, 9.17) is 4.98 Å². The molecule has 5 nitrogen and oxygen atoms in total. The third-order valence-electron chi connectivity index (χ3n) is 5.20. The van der Waals surface area contributed by atoms with Crippen LogP contribution in [0.25, 0.3) is 11.4 Å². The minimum absolute atomic E-state index is 0.197. The Morgan fingerprint density at radius 3 is 2.50 bits per heavy atom. The summed E-state index contributed by atoms with van der Waals surface area (Å²) < 4.78 is 0. The molecule has 1 aromatic heterocycles. The molecular formula is C19H23N3O2. The van der Waals surface area contributed by atoms with Gasteiger partial charge in [-0.1, -0.05) is 12.1 Å². The second kappa shape index (κ2) is 6.06. The molecule has 3 heterocycles. The number of anilines is 1. The predicted molar refractivity (Wildman–Crippen MR) is 93.0 cm³/mol. The standard InChI is InChI=1S/C19H23N3O2/c1-12-9-18(21-19(20-12)16-7-2-3-8-17(16)24)22-13-5-4-6-14(22)11-15(23)10-13/h2-3,7-9,13-15,23-24H,4-6,10-11H2,1H3/t13-,14+,15?. The third kappa shape index (κ3) is 2.73. The normalized spacial score (nSPS) is 26.4. The van der Waals surface area contributed by atoms with Gasteiger partial charge in [0, 0.05) is 23.8 Å². The number of aryl methyl sites for hydroxylation is 1. The molecule has 2 bridgehead atoms. The first kappa shape index (κ1) is 15.4. The Morgan fingerprint density at radius 1 is 1.08 bits per heavy atom. The van der Waals surface area contributed by atoms with Crippen LogP contribution in [0.4, 0.5) is 5.82 Å². The minimum Gasteiger partial charge on any atom is -0.507 e. The highest BCUT2D eigenvalue weighted by Crippen LogP contribution is 2.38. The van der Waals surface area contributed by atoms with Crippen molar-refractivity contribution in [1.82, 2.24) is 9.97 Å². The van der Waals surface area contributed by atoms with Crippen molar-refractivity contribution >= 4 is 5.82 Å². The van der Waals surface area contributed by atoms with Crippen LogP contribution in [0.2, 0.25) is 0 Å². The fraction of sp³-hybridized carbons (Fsp3) is 0.474. The number of hydrogen-bond acceptors (Lipinski definition) is 5. The van der Waals surface area contributed by atoms with E-state index in [2.05, 4.69) is 9.88 Å². The number of rotatable bonds is 2. The molecule has 2 fully saturated rings. The fourth-order valence-electron chi connectivity index (χ4n) is 4.19. The van der Waals surface area contributed by atoms with Crippen molar-refractivity contribution < 1.29 is 10.2 Å². The van der Waals surface area contributed by atoms with Gasteiger partial charge < -0.3 is 15.1 Å². The Morgan fingerprint density at radius 2 is 1.79 bits per heavy atom. The van der Waals surface area contributed by atoms with E-state index >= 15 is 0 Å². The number of phenolic OH excluding ortho intramolecular Hbond substituents is 1. The molecule has 2 aliphatic heterocycles. The first-order valence-corrected chi connectivity index (χ1v) is 8.72. The van der Waals surface area contributed by atoms with Crippen LogP contribution in [0, 0.1) is 6.92 Å². The molecule has 126 valence electrons. The summed E-state index contributed by atoms with van der Waals surface area (Å²) in [5.41, 5.74) is 1.55. The smallest absolute Gasteiger partial charge is 0.165 e. The van der Waals surface area contributed by atoms with Gasteiger partial charge in [-0.3, -0.25) is 0 Å². The summed E-state index contributed by atoms with van der Waals surface area (Å²) in [5, 5.41) is 20.2. The fourth-order valence-corrected chi connectivity index (χ4v) is 4.19. The average Bonchev–Trinajstić information content (AvgIpc) is 2.53. The largest absolute Gasteiger partial charge is 0.507 e. The van der Waals surface area contributed by atoms with Crippen molar-refractivity contribution in [1.29, 1.82) is 0 Å². The number of phenols is 1. The van der Waals surface area contributed by atoms with Crippen LogP contribution in [0.5, 0.6) is 5.75 Å². The van der Waals surface area contributed by atoms with Gasteiger partial charge in [-0.05, 0) is 51.2 Å². The lowest BCUT2D eigenvalue weighted by Crippen LogP contribution is -2.54. The second-order valence-electron chi connectivity index (χ2n) is 6.98. The van der Waals surface area contributed by atoms with Crippen molar-refractivity contribution in [2.75, 3.05) is 4.90 Å². The number of aliphatic hydroxyl groups is 1. The molecule has 1 unspecified atom stereocenters. The highest BCUT2D eigenvalue weighted by Gasteiger charge is 2.38. The zero-order valence-corrected chi connectivity index (χ0v) is 13.9. The SMILES string of the molecule is Cc1cc(N2[C@@H]3CCC[C@H]2CC(O)C3)nc(-c2ccccc2O)n1. The summed E-state index contributed by atoms with van der Waals surface area (Å²) in [6, 6.07) is 9.89. The summed E-state index contributed by atoms with van der Waals surface area (Å²) in [6.45, 7) is 1.96. The molecule has 4 rings (SSSR count). The van der Waals surface area contributed by atoms with Gasteiger partial charge in [-0.15, -0.1) is 0 Å². The second-order valence-corrected chi connectivity index (χ2v) is 6.98. The van der Waals surface area contributed by atoms with Crippen LogP contribution < -0.4 is 4.90 Å². The number of aromatic nitrogens is 2. The molecule has 2 N–H and O–H groups in total. The number of fused-ring (bicyclic) bond motifs is 2. The van der Waals surface area contributed by atoms with E-state index in [1.54, 1.807) is 12.1 Å². The summed E-state index contributed by atoms with van der Waals surface area (Å²) in [4.78, 5) is 11.7. The van der Waals surface area contributed by atoms with Crippen LogP contribution in [0.15, 0.2) is 30.3 Å².